The topological polar surface area (TPSA) is 73.8 Å². The molecule has 0 aliphatic carbocycles. The predicted octanol–water partition coefficient (Wildman–Crippen LogP) is 2.51. The monoisotopic (exact) mass is 426 g/mol. The molecule has 158 valence electrons. The van der Waals surface area contributed by atoms with Crippen LogP contribution in [0.25, 0.3) is 0 Å². The lowest BCUT2D eigenvalue weighted by atomic mass is 9.97. The average molecular weight is 427 g/mol. The number of piperidine rings is 1. The van der Waals surface area contributed by atoms with Crippen molar-refractivity contribution >= 4 is 27.1 Å². The van der Waals surface area contributed by atoms with Crippen LogP contribution in [0, 0.1) is 11.8 Å². The van der Waals surface area contributed by atoms with Gasteiger partial charge in [0.2, 0.25) is 0 Å². The maximum absolute atomic E-state index is 11.7. The van der Waals surface area contributed by atoms with Crippen LogP contribution in [0.1, 0.15) is 44.0 Å². The van der Waals surface area contributed by atoms with Crippen molar-refractivity contribution in [3.05, 3.63) is 22.4 Å². The number of guanidine groups is 1. The lowest BCUT2D eigenvalue weighted by Gasteiger charge is -2.35. The minimum atomic E-state index is -2.84. The Bertz CT molecular complexity index is 725. The molecule has 1 aromatic rings. The number of nitrogens with one attached hydrogen (secondary N) is 2. The number of thiophene rings is 1. The smallest absolute Gasteiger partial charge is 0.191 e. The Kier molecular flexibility index (Phi) is 7.77. The van der Waals surface area contributed by atoms with E-state index in [1.165, 1.54) is 17.7 Å². The van der Waals surface area contributed by atoms with Crippen LogP contribution in [0.3, 0.4) is 0 Å². The van der Waals surface area contributed by atoms with Crippen LogP contribution < -0.4 is 10.6 Å². The predicted molar refractivity (Wildman–Crippen MR) is 118 cm³/mol. The van der Waals surface area contributed by atoms with Crippen LogP contribution in [0.15, 0.2) is 22.5 Å². The summed E-state index contributed by atoms with van der Waals surface area (Å²) in [6, 6.07) is 4.65. The van der Waals surface area contributed by atoms with E-state index in [4.69, 9.17) is 4.99 Å². The van der Waals surface area contributed by atoms with Gasteiger partial charge < -0.3 is 10.6 Å². The number of likely N-dealkylation sites (tertiary alicyclic amines) is 1. The summed E-state index contributed by atoms with van der Waals surface area (Å²) in [5, 5.41) is 8.82. The highest BCUT2D eigenvalue weighted by Gasteiger charge is 2.28. The maximum atomic E-state index is 11.7. The normalized spacial score (nSPS) is 24.9. The first-order chi connectivity index (χ1) is 13.5. The van der Waals surface area contributed by atoms with Crippen LogP contribution in [0.4, 0.5) is 0 Å². The zero-order valence-electron chi connectivity index (χ0n) is 17.1. The highest BCUT2D eigenvalue weighted by Crippen LogP contribution is 2.29. The van der Waals surface area contributed by atoms with E-state index in [-0.39, 0.29) is 5.92 Å². The van der Waals surface area contributed by atoms with Crippen molar-refractivity contribution in [3.63, 3.8) is 0 Å². The van der Waals surface area contributed by atoms with Gasteiger partial charge in [-0.15, -0.1) is 11.3 Å². The Morgan fingerprint density at radius 3 is 2.71 bits per heavy atom. The molecule has 0 bridgehead atoms. The molecule has 0 spiro atoms. The number of hydrogen-bond acceptors (Lipinski definition) is 5. The fourth-order valence-electron chi connectivity index (χ4n) is 4.00. The molecule has 0 amide bonds. The third-order valence-corrected chi connectivity index (χ3v) is 8.59. The number of sulfone groups is 1. The lowest BCUT2D eigenvalue weighted by Crippen LogP contribution is -2.41. The van der Waals surface area contributed by atoms with Crippen molar-refractivity contribution in [2.45, 2.75) is 39.2 Å². The Balaban J connectivity index is 1.62. The number of nitrogens with zero attached hydrogens (tertiary/aromatic N) is 2. The van der Waals surface area contributed by atoms with Gasteiger partial charge in [-0.05, 0) is 62.6 Å². The minimum absolute atomic E-state index is 0.186. The fraction of sp³-hybridized carbons (Fsp3) is 0.750. The molecule has 8 heteroatoms. The summed E-state index contributed by atoms with van der Waals surface area (Å²) in [6.07, 6.45) is 3.25. The van der Waals surface area contributed by atoms with Gasteiger partial charge in [0.1, 0.15) is 0 Å². The van der Waals surface area contributed by atoms with Crippen molar-refractivity contribution < 1.29 is 8.42 Å². The SMILES string of the molecule is CCNC(=NCC(c1cccs1)N1CCC(C)CC1)NCC1CCS(=O)(=O)C1. The van der Waals surface area contributed by atoms with Gasteiger partial charge in [0, 0.05) is 18.0 Å². The van der Waals surface area contributed by atoms with Gasteiger partial charge >= 0.3 is 0 Å². The molecule has 1 aromatic heterocycles. The summed E-state index contributed by atoms with van der Waals surface area (Å²) in [5.74, 6) is 2.40. The Hall–Kier alpha value is -1.12. The third-order valence-electron chi connectivity index (χ3n) is 5.78. The molecule has 2 saturated heterocycles. The van der Waals surface area contributed by atoms with E-state index in [1.807, 2.05) is 0 Å². The molecule has 2 unspecified atom stereocenters. The van der Waals surface area contributed by atoms with E-state index in [0.29, 0.717) is 30.6 Å². The highest BCUT2D eigenvalue weighted by molar-refractivity contribution is 7.91. The Labute approximate surface area is 173 Å². The fourth-order valence-corrected chi connectivity index (χ4v) is 6.71. The lowest BCUT2D eigenvalue weighted by molar-refractivity contribution is 0.143. The van der Waals surface area contributed by atoms with Crippen LogP contribution in [0.2, 0.25) is 0 Å². The van der Waals surface area contributed by atoms with Crippen LogP contribution >= 0.6 is 11.3 Å². The maximum Gasteiger partial charge on any atom is 0.191 e. The van der Waals surface area contributed by atoms with Gasteiger partial charge in [-0.3, -0.25) is 9.89 Å². The van der Waals surface area contributed by atoms with Crippen molar-refractivity contribution in [2.75, 3.05) is 44.2 Å². The molecular formula is C20H34N4O2S2. The zero-order chi connectivity index (χ0) is 20.0. The molecule has 2 aliphatic heterocycles. The molecule has 0 saturated carbocycles. The van der Waals surface area contributed by atoms with E-state index in [9.17, 15) is 8.42 Å². The molecule has 3 heterocycles. The number of rotatable bonds is 7. The molecule has 0 radical (unpaired) electrons. The van der Waals surface area contributed by atoms with Gasteiger partial charge in [-0.25, -0.2) is 8.42 Å². The van der Waals surface area contributed by atoms with Crippen molar-refractivity contribution in [1.82, 2.24) is 15.5 Å². The Morgan fingerprint density at radius 2 is 2.11 bits per heavy atom. The minimum Gasteiger partial charge on any atom is -0.357 e. The molecule has 28 heavy (non-hydrogen) atoms. The second-order valence-corrected chi connectivity index (χ2v) is 11.3. The van der Waals surface area contributed by atoms with Crippen LogP contribution in [0.5, 0.6) is 0 Å². The van der Waals surface area contributed by atoms with Crippen molar-refractivity contribution in [2.24, 2.45) is 16.8 Å². The standard InChI is InChI=1S/C20H34N4O2S2/c1-3-21-20(22-13-17-8-12-28(25,26)15-17)23-14-18(19-5-4-11-27-19)24-9-6-16(2)7-10-24/h4-5,11,16-18H,3,6-10,12-15H2,1-2H3,(H2,21,22,23). The summed E-state index contributed by atoms with van der Waals surface area (Å²) in [6.45, 7) is 8.82. The molecule has 2 atom stereocenters. The molecule has 2 fully saturated rings. The van der Waals surface area contributed by atoms with E-state index in [2.05, 4.69) is 46.9 Å². The quantitative estimate of drug-likeness (QED) is 0.518. The third kappa shape index (κ3) is 6.19. The van der Waals surface area contributed by atoms with Crippen molar-refractivity contribution in [3.8, 4) is 0 Å². The largest absolute Gasteiger partial charge is 0.357 e. The molecular weight excluding hydrogens is 392 g/mol. The van der Waals surface area contributed by atoms with E-state index in [0.717, 1.165) is 37.9 Å². The van der Waals surface area contributed by atoms with Gasteiger partial charge in [0.25, 0.3) is 0 Å². The number of hydrogen-bond donors (Lipinski definition) is 2. The van der Waals surface area contributed by atoms with E-state index in [1.54, 1.807) is 11.3 Å². The first kappa shape index (κ1) is 21.6. The Morgan fingerprint density at radius 1 is 1.32 bits per heavy atom. The first-order valence-electron chi connectivity index (χ1n) is 10.5. The van der Waals surface area contributed by atoms with Gasteiger partial charge in [0.05, 0.1) is 24.1 Å². The van der Waals surface area contributed by atoms with E-state index >= 15 is 0 Å². The highest BCUT2D eigenvalue weighted by atomic mass is 32.2. The molecule has 6 nitrogen and oxygen atoms in total. The molecule has 3 rings (SSSR count). The second-order valence-electron chi connectivity index (χ2n) is 8.12. The summed E-state index contributed by atoms with van der Waals surface area (Å²) in [7, 11) is -2.84. The zero-order valence-corrected chi connectivity index (χ0v) is 18.7. The molecule has 2 N–H and O–H groups in total. The number of aliphatic imine (C=N–C) groups is 1. The average Bonchev–Trinajstić information content (AvgIpc) is 3.31. The summed E-state index contributed by atoms with van der Waals surface area (Å²) >= 11 is 1.81. The molecule has 2 aliphatic rings. The molecule has 0 aromatic carbocycles. The van der Waals surface area contributed by atoms with Gasteiger partial charge in [-0.1, -0.05) is 13.0 Å². The summed E-state index contributed by atoms with van der Waals surface area (Å²) in [4.78, 5) is 8.81. The first-order valence-corrected chi connectivity index (χ1v) is 13.2. The summed E-state index contributed by atoms with van der Waals surface area (Å²) < 4.78 is 23.4. The van der Waals surface area contributed by atoms with E-state index < -0.39 is 9.84 Å². The van der Waals surface area contributed by atoms with Gasteiger partial charge in [-0.2, -0.15) is 0 Å². The second kappa shape index (κ2) is 10.1. The van der Waals surface area contributed by atoms with Gasteiger partial charge in [0.15, 0.2) is 15.8 Å². The van der Waals surface area contributed by atoms with Crippen LogP contribution in [-0.4, -0.2) is 63.5 Å². The van der Waals surface area contributed by atoms with Crippen LogP contribution in [-0.2, 0) is 9.84 Å². The van der Waals surface area contributed by atoms with Crippen molar-refractivity contribution in [1.29, 1.82) is 0 Å². The summed E-state index contributed by atoms with van der Waals surface area (Å²) in [5.41, 5.74) is 0.